The summed E-state index contributed by atoms with van der Waals surface area (Å²) in [4.78, 5) is 1.94. The number of halogens is 1. The Morgan fingerprint density at radius 3 is 2.19 bits per heavy atom. The molecule has 5 heteroatoms. The van der Waals surface area contributed by atoms with Crippen molar-refractivity contribution in [3.05, 3.63) is 35.9 Å². The van der Waals surface area contributed by atoms with Crippen LogP contribution in [0, 0.1) is 17.4 Å². The molecule has 0 saturated carbocycles. The van der Waals surface area contributed by atoms with Gasteiger partial charge in [-0.25, -0.2) is 0 Å². The number of nitrogens with zero attached hydrogens (tertiary/aromatic N) is 2. The van der Waals surface area contributed by atoms with Crippen molar-refractivity contribution in [1.29, 1.82) is 5.26 Å². The summed E-state index contributed by atoms with van der Waals surface area (Å²) in [5.41, 5.74) is 1.27. The standard InChI is InChI=1S/C21H35BrN2OSi/c1-16(24(6)15-23)14-19(25-26(7,8)21(3,4)5)17(2)20(22)18-12-10-9-11-13-18/h9-13,16-17,19-20H,14H2,1-8H3/t16-,17+,19+,20+/m0/s1. The Morgan fingerprint density at radius 2 is 1.73 bits per heavy atom. The monoisotopic (exact) mass is 438 g/mol. The molecule has 1 aromatic carbocycles. The van der Waals surface area contributed by atoms with Gasteiger partial charge in [0.25, 0.3) is 0 Å². The predicted octanol–water partition coefficient (Wildman–Crippen LogP) is 6.34. The van der Waals surface area contributed by atoms with Crippen molar-refractivity contribution in [3.8, 4) is 6.19 Å². The largest absolute Gasteiger partial charge is 0.414 e. The molecule has 0 saturated heterocycles. The third kappa shape index (κ3) is 6.11. The average Bonchev–Trinajstić information content (AvgIpc) is 2.58. The number of hydrogen-bond acceptors (Lipinski definition) is 3. The third-order valence-corrected chi connectivity index (χ3v) is 11.7. The summed E-state index contributed by atoms with van der Waals surface area (Å²) in [5.74, 6) is 0.293. The second kappa shape index (κ2) is 9.39. The number of rotatable bonds is 8. The Labute approximate surface area is 170 Å². The Hall–Kier alpha value is -0.833. The van der Waals surface area contributed by atoms with E-state index in [9.17, 15) is 5.26 Å². The molecule has 0 amide bonds. The van der Waals surface area contributed by atoms with E-state index in [0.29, 0.717) is 5.92 Å². The van der Waals surface area contributed by atoms with E-state index >= 15 is 0 Å². The predicted molar refractivity (Wildman–Crippen MR) is 117 cm³/mol. The topological polar surface area (TPSA) is 36.3 Å². The molecular weight excluding hydrogens is 404 g/mol. The van der Waals surface area contributed by atoms with Gasteiger partial charge in [0.1, 0.15) is 0 Å². The number of alkyl halides is 1. The van der Waals surface area contributed by atoms with E-state index in [2.05, 4.69) is 94.1 Å². The van der Waals surface area contributed by atoms with Crippen molar-refractivity contribution >= 4 is 24.2 Å². The molecule has 0 aromatic heterocycles. The first kappa shape index (κ1) is 23.2. The lowest BCUT2D eigenvalue weighted by Gasteiger charge is -2.43. The highest BCUT2D eigenvalue weighted by Gasteiger charge is 2.41. The fraction of sp³-hybridized carbons (Fsp3) is 0.667. The smallest absolute Gasteiger partial charge is 0.192 e. The van der Waals surface area contributed by atoms with Gasteiger partial charge in [-0.2, -0.15) is 5.26 Å². The summed E-state index contributed by atoms with van der Waals surface area (Å²) in [7, 11) is -0.0629. The molecule has 0 aliphatic heterocycles. The van der Waals surface area contributed by atoms with Crippen molar-refractivity contribution in [3.63, 3.8) is 0 Å². The minimum Gasteiger partial charge on any atom is -0.414 e. The second-order valence-electron chi connectivity index (χ2n) is 8.88. The Bertz CT molecular complexity index is 594. The zero-order valence-electron chi connectivity index (χ0n) is 17.6. The molecule has 146 valence electrons. The van der Waals surface area contributed by atoms with Crippen molar-refractivity contribution in [2.24, 2.45) is 5.92 Å². The molecule has 3 nitrogen and oxygen atoms in total. The molecule has 26 heavy (non-hydrogen) atoms. The highest BCUT2D eigenvalue weighted by Crippen LogP contribution is 2.42. The Balaban J connectivity index is 3.08. The van der Waals surface area contributed by atoms with E-state index in [4.69, 9.17) is 4.43 Å². The van der Waals surface area contributed by atoms with Crippen LogP contribution in [0.1, 0.15) is 51.4 Å². The lowest BCUT2D eigenvalue weighted by atomic mass is 9.92. The van der Waals surface area contributed by atoms with Crippen LogP contribution in [0.15, 0.2) is 30.3 Å². The second-order valence-corrected chi connectivity index (χ2v) is 14.6. The van der Waals surface area contributed by atoms with Crippen molar-refractivity contribution in [1.82, 2.24) is 4.90 Å². The zero-order valence-corrected chi connectivity index (χ0v) is 20.2. The van der Waals surface area contributed by atoms with E-state index in [0.717, 1.165) is 6.42 Å². The molecular formula is C21H35BrN2OSi. The van der Waals surface area contributed by atoms with Gasteiger partial charge >= 0.3 is 0 Å². The Kier molecular flexibility index (Phi) is 8.38. The van der Waals surface area contributed by atoms with Gasteiger partial charge < -0.3 is 9.33 Å². The van der Waals surface area contributed by atoms with Gasteiger partial charge in [-0.1, -0.05) is 74.0 Å². The van der Waals surface area contributed by atoms with Gasteiger partial charge in [0.15, 0.2) is 14.5 Å². The molecule has 0 spiro atoms. The molecule has 0 unspecified atom stereocenters. The molecule has 0 aliphatic carbocycles. The summed E-state index contributed by atoms with van der Waals surface area (Å²) in [6.45, 7) is 15.8. The van der Waals surface area contributed by atoms with Crippen LogP contribution in [0.3, 0.4) is 0 Å². The first-order chi connectivity index (χ1) is 11.9. The fourth-order valence-corrected chi connectivity index (χ4v) is 4.71. The molecule has 4 atom stereocenters. The molecule has 0 heterocycles. The van der Waals surface area contributed by atoms with E-state index in [1.54, 1.807) is 4.90 Å². The number of hydrogen-bond donors (Lipinski definition) is 0. The van der Waals surface area contributed by atoms with Crippen LogP contribution in [0.5, 0.6) is 0 Å². The minimum atomic E-state index is -1.91. The number of nitriles is 1. The van der Waals surface area contributed by atoms with E-state index in [-0.39, 0.29) is 22.0 Å². The van der Waals surface area contributed by atoms with Gasteiger partial charge in [0.05, 0.1) is 6.10 Å². The molecule has 1 aromatic rings. The molecule has 0 radical (unpaired) electrons. The summed E-state index contributed by atoms with van der Waals surface area (Å²) < 4.78 is 6.84. The van der Waals surface area contributed by atoms with Crippen molar-refractivity contribution in [2.75, 3.05) is 7.05 Å². The van der Waals surface area contributed by atoms with Crippen LogP contribution >= 0.6 is 15.9 Å². The first-order valence-corrected chi connectivity index (χ1v) is 13.2. The maximum absolute atomic E-state index is 9.24. The molecule has 1 rings (SSSR count). The summed E-state index contributed by atoms with van der Waals surface area (Å²) in [6, 6.07) is 10.7. The highest BCUT2D eigenvalue weighted by molar-refractivity contribution is 9.09. The van der Waals surface area contributed by atoms with Gasteiger partial charge in [-0.15, -0.1) is 0 Å². The van der Waals surface area contributed by atoms with Crippen LogP contribution in [-0.2, 0) is 4.43 Å². The summed E-state index contributed by atoms with van der Waals surface area (Å²) in [6.07, 6.45) is 3.17. The molecule has 0 aliphatic rings. The van der Waals surface area contributed by atoms with Crippen molar-refractivity contribution in [2.45, 2.75) is 76.1 Å². The molecule has 0 fully saturated rings. The minimum absolute atomic E-state index is 0.0891. The lowest BCUT2D eigenvalue weighted by molar-refractivity contribution is 0.0946. The zero-order chi connectivity index (χ0) is 20.1. The lowest BCUT2D eigenvalue weighted by Crippen LogP contribution is -2.47. The molecule has 0 bridgehead atoms. The van der Waals surface area contributed by atoms with Crippen molar-refractivity contribution < 1.29 is 4.43 Å². The van der Waals surface area contributed by atoms with Crippen LogP contribution in [0.4, 0.5) is 0 Å². The molecule has 0 N–H and O–H groups in total. The first-order valence-electron chi connectivity index (χ1n) is 9.40. The Morgan fingerprint density at radius 1 is 1.19 bits per heavy atom. The normalized spacial score (nSPS) is 17.1. The summed E-state index contributed by atoms with van der Waals surface area (Å²) in [5, 5.41) is 9.40. The van der Waals surface area contributed by atoms with E-state index < -0.39 is 8.32 Å². The SMILES string of the molecule is C[C@H]([C@@H](C[C@H](C)N(C)C#N)O[Si](C)(C)C(C)(C)C)[C@@H](Br)c1ccccc1. The fourth-order valence-electron chi connectivity index (χ4n) is 2.65. The van der Waals surface area contributed by atoms with E-state index in [1.807, 2.05) is 13.1 Å². The van der Waals surface area contributed by atoms with Crippen LogP contribution in [-0.4, -0.2) is 32.4 Å². The maximum atomic E-state index is 9.24. The quantitative estimate of drug-likeness (QED) is 0.205. The van der Waals surface area contributed by atoms with Crippen LogP contribution in [0.2, 0.25) is 18.1 Å². The van der Waals surface area contributed by atoms with Gasteiger partial charge in [-0.05, 0) is 43.0 Å². The maximum Gasteiger partial charge on any atom is 0.192 e. The third-order valence-electron chi connectivity index (χ3n) is 5.81. The summed E-state index contributed by atoms with van der Waals surface area (Å²) >= 11 is 3.91. The van der Waals surface area contributed by atoms with Gasteiger partial charge in [-0.3, -0.25) is 0 Å². The number of benzene rings is 1. The van der Waals surface area contributed by atoms with Crippen LogP contribution < -0.4 is 0 Å². The van der Waals surface area contributed by atoms with Crippen LogP contribution in [0.25, 0.3) is 0 Å². The van der Waals surface area contributed by atoms with E-state index in [1.165, 1.54) is 5.56 Å². The van der Waals surface area contributed by atoms with Gasteiger partial charge in [0, 0.05) is 17.9 Å². The average molecular weight is 440 g/mol. The van der Waals surface area contributed by atoms with Gasteiger partial charge in [0.2, 0.25) is 0 Å². The highest BCUT2D eigenvalue weighted by atomic mass is 79.9.